The van der Waals surface area contributed by atoms with Gasteiger partial charge in [0.25, 0.3) is 0 Å². The summed E-state index contributed by atoms with van der Waals surface area (Å²) >= 11 is 12.0. The van der Waals surface area contributed by atoms with Crippen molar-refractivity contribution in [1.82, 2.24) is 10.2 Å². The molecule has 1 aromatic rings. The van der Waals surface area contributed by atoms with E-state index in [1.807, 2.05) is 0 Å². The molecule has 1 fully saturated rings. The normalized spacial score (nSPS) is 20.6. The van der Waals surface area contributed by atoms with Gasteiger partial charge in [0.05, 0.1) is 13.2 Å². The first-order valence-electron chi connectivity index (χ1n) is 8.00. The molecule has 1 heterocycles. The molecule has 7 nitrogen and oxygen atoms in total. The quantitative estimate of drug-likeness (QED) is 0.720. The van der Waals surface area contributed by atoms with Gasteiger partial charge in [0.15, 0.2) is 0 Å². The van der Waals surface area contributed by atoms with E-state index in [0.717, 1.165) is 0 Å². The Morgan fingerprint density at radius 3 is 2.65 bits per heavy atom. The third-order valence-electron chi connectivity index (χ3n) is 4.23. The molecule has 0 aromatic heterocycles. The van der Waals surface area contributed by atoms with Crippen LogP contribution in [0.5, 0.6) is 0 Å². The maximum Gasteiger partial charge on any atom is 0.328 e. The van der Waals surface area contributed by atoms with Crippen LogP contribution in [0.15, 0.2) is 18.2 Å². The van der Waals surface area contributed by atoms with Crippen LogP contribution in [-0.2, 0) is 25.5 Å². The maximum atomic E-state index is 12.6. The number of amides is 2. The molecule has 0 saturated carbocycles. The lowest BCUT2D eigenvalue weighted by Crippen LogP contribution is -2.51. The molecule has 1 aliphatic rings. The Labute approximate surface area is 161 Å². The molecule has 2 N–H and O–H groups in total. The molecule has 0 bridgehead atoms. The number of carbonyl (C=O) groups excluding carboxylic acids is 3. The van der Waals surface area contributed by atoms with Crippen LogP contribution >= 0.6 is 23.2 Å². The van der Waals surface area contributed by atoms with Crippen LogP contribution in [0.25, 0.3) is 0 Å². The average Bonchev–Trinajstić information content (AvgIpc) is 2.98. The number of nitrogens with zero attached hydrogens (tertiary/aromatic N) is 1. The fraction of sp³-hybridized carbons (Fsp3) is 0.471. The van der Waals surface area contributed by atoms with Crippen molar-refractivity contribution < 1.29 is 24.2 Å². The number of rotatable bonds is 5. The van der Waals surface area contributed by atoms with Gasteiger partial charge in [-0.05, 0) is 17.7 Å². The molecule has 142 valence electrons. The van der Waals surface area contributed by atoms with Gasteiger partial charge in [-0.2, -0.15) is 0 Å². The van der Waals surface area contributed by atoms with Crippen molar-refractivity contribution in [3.05, 3.63) is 33.8 Å². The van der Waals surface area contributed by atoms with E-state index in [0.29, 0.717) is 15.6 Å². The van der Waals surface area contributed by atoms with Crippen molar-refractivity contribution in [1.29, 1.82) is 0 Å². The number of carbonyl (C=O) groups is 3. The van der Waals surface area contributed by atoms with Crippen LogP contribution in [-0.4, -0.2) is 59.6 Å². The van der Waals surface area contributed by atoms with Crippen molar-refractivity contribution in [2.45, 2.75) is 38.0 Å². The second-order valence-corrected chi connectivity index (χ2v) is 6.94. The number of benzene rings is 1. The minimum absolute atomic E-state index is 0.0827. The molecule has 0 aliphatic carbocycles. The van der Waals surface area contributed by atoms with Gasteiger partial charge in [0.2, 0.25) is 11.8 Å². The highest BCUT2D eigenvalue weighted by Crippen LogP contribution is 2.23. The number of aliphatic hydroxyl groups is 1. The number of hydrogen-bond donors (Lipinski definition) is 2. The van der Waals surface area contributed by atoms with Crippen molar-refractivity contribution in [2.75, 3.05) is 13.7 Å². The van der Waals surface area contributed by atoms with E-state index < -0.39 is 30.1 Å². The van der Waals surface area contributed by atoms with Crippen LogP contribution in [0, 0.1) is 0 Å². The molecule has 9 heteroatoms. The van der Waals surface area contributed by atoms with Crippen LogP contribution < -0.4 is 5.32 Å². The van der Waals surface area contributed by atoms with Crippen molar-refractivity contribution in [3.63, 3.8) is 0 Å². The second-order valence-electron chi connectivity index (χ2n) is 6.10. The minimum atomic E-state index is -0.988. The smallest absolute Gasteiger partial charge is 0.328 e. The Balaban J connectivity index is 2.16. The molecule has 1 saturated heterocycles. The van der Waals surface area contributed by atoms with E-state index in [9.17, 15) is 19.5 Å². The summed E-state index contributed by atoms with van der Waals surface area (Å²) in [5.41, 5.74) is 0.613. The predicted octanol–water partition coefficient (Wildman–Crippen LogP) is 1.18. The summed E-state index contributed by atoms with van der Waals surface area (Å²) in [5.74, 6) is -1.49. The first-order chi connectivity index (χ1) is 12.2. The van der Waals surface area contributed by atoms with Gasteiger partial charge >= 0.3 is 5.97 Å². The van der Waals surface area contributed by atoms with Crippen LogP contribution in [0.1, 0.15) is 18.9 Å². The minimum Gasteiger partial charge on any atom is -0.467 e. The van der Waals surface area contributed by atoms with E-state index in [1.165, 1.54) is 18.9 Å². The fourth-order valence-electron chi connectivity index (χ4n) is 2.92. The zero-order chi connectivity index (χ0) is 19.4. The number of ether oxygens (including phenoxy) is 1. The van der Waals surface area contributed by atoms with E-state index in [4.69, 9.17) is 27.9 Å². The number of nitrogens with one attached hydrogen (secondary N) is 1. The average molecular weight is 403 g/mol. The van der Waals surface area contributed by atoms with Gasteiger partial charge in [-0.25, -0.2) is 4.79 Å². The predicted molar refractivity (Wildman–Crippen MR) is 95.9 cm³/mol. The lowest BCUT2D eigenvalue weighted by atomic mass is 10.0. The standard InChI is InChI=1S/C17H20Cl2N2O5/c1-9(22)21-8-12(23)7-15(21)16(24)20-14(17(25)26-2)5-10-3-4-11(18)6-13(10)19/h3-4,6,12,14-15,23H,5,7-8H2,1-2H3,(H,20,24)/t12-,14+,15+/m1/s1. The Bertz CT molecular complexity index is 712. The Hall–Kier alpha value is -1.83. The molecule has 2 amide bonds. The zero-order valence-corrected chi connectivity index (χ0v) is 15.9. The monoisotopic (exact) mass is 402 g/mol. The largest absolute Gasteiger partial charge is 0.467 e. The van der Waals surface area contributed by atoms with E-state index >= 15 is 0 Å². The summed E-state index contributed by atoms with van der Waals surface area (Å²) in [6, 6.07) is 3.00. The molecule has 1 aliphatic heterocycles. The molecule has 0 radical (unpaired) electrons. The SMILES string of the molecule is COC(=O)[C@H](Cc1ccc(Cl)cc1Cl)NC(=O)[C@@H]1C[C@@H](O)CN1C(C)=O. The number of esters is 1. The first kappa shape index (κ1) is 20.5. The number of likely N-dealkylation sites (tertiary alicyclic amines) is 1. The fourth-order valence-corrected chi connectivity index (χ4v) is 3.41. The Morgan fingerprint density at radius 2 is 2.08 bits per heavy atom. The Morgan fingerprint density at radius 1 is 1.38 bits per heavy atom. The lowest BCUT2D eigenvalue weighted by molar-refractivity contribution is -0.146. The van der Waals surface area contributed by atoms with Crippen molar-refractivity contribution >= 4 is 41.0 Å². The van der Waals surface area contributed by atoms with E-state index in [2.05, 4.69) is 5.32 Å². The van der Waals surface area contributed by atoms with Gasteiger partial charge in [0.1, 0.15) is 12.1 Å². The molecule has 1 aromatic carbocycles. The number of hydrogen-bond acceptors (Lipinski definition) is 5. The summed E-state index contributed by atoms with van der Waals surface area (Å²) in [6.07, 6.45) is -0.568. The van der Waals surface area contributed by atoms with Crippen molar-refractivity contribution in [2.24, 2.45) is 0 Å². The highest BCUT2D eigenvalue weighted by molar-refractivity contribution is 6.35. The van der Waals surface area contributed by atoms with Gasteiger partial charge in [0, 0.05) is 36.4 Å². The highest BCUT2D eigenvalue weighted by atomic mass is 35.5. The van der Waals surface area contributed by atoms with E-state index in [-0.39, 0.29) is 25.3 Å². The third kappa shape index (κ3) is 4.87. The summed E-state index contributed by atoms with van der Waals surface area (Å²) in [5, 5.41) is 13.2. The molecular formula is C17H20Cl2N2O5. The van der Waals surface area contributed by atoms with Crippen LogP contribution in [0.2, 0.25) is 10.0 Å². The molecule has 26 heavy (non-hydrogen) atoms. The van der Waals surface area contributed by atoms with Gasteiger partial charge in [-0.3, -0.25) is 9.59 Å². The second kappa shape index (κ2) is 8.70. The molecule has 3 atom stereocenters. The Kier molecular flexibility index (Phi) is 6.86. The number of methoxy groups -OCH3 is 1. The summed E-state index contributed by atoms with van der Waals surface area (Å²) in [4.78, 5) is 37.6. The summed E-state index contributed by atoms with van der Waals surface area (Å²) < 4.78 is 4.75. The van der Waals surface area contributed by atoms with Crippen LogP contribution in [0.4, 0.5) is 0 Å². The maximum absolute atomic E-state index is 12.6. The van der Waals surface area contributed by atoms with Gasteiger partial charge in [-0.1, -0.05) is 29.3 Å². The molecule has 0 unspecified atom stereocenters. The van der Waals surface area contributed by atoms with E-state index in [1.54, 1.807) is 18.2 Å². The molecule has 2 rings (SSSR count). The molecular weight excluding hydrogens is 383 g/mol. The van der Waals surface area contributed by atoms with Crippen LogP contribution in [0.3, 0.4) is 0 Å². The summed E-state index contributed by atoms with van der Waals surface area (Å²) in [7, 11) is 1.21. The summed E-state index contributed by atoms with van der Waals surface area (Å²) in [6.45, 7) is 1.41. The lowest BCUT2D eigenvalue weighted by Gasteiger charge is -2.24. The van der Waals surface area contributed by atoms with Gasteiger partial charge in [-0.15, -0.1) is 0 Å². The topological polar surface area (TPSA) is 95.9 Å². The highest BCUT2D eigenvalue weighted by Gasteiger charge is 2.39. The number of aliphatic hydroxyl groups excluding tert-OH is 1. The third-order valence-corrected chi connectivity index (χ3v) is 4.81. The first-order valence-corrected chi connectivity index (χ1v) is 8.76. The number of halogens is 2. The molecule has 0 spiro atoms. The number of β-amino-alcohol motifs (C(OH)–C–C–N with tert-alkyl or cyclic N) is 1. The van der Waals surface area contributed by atoms with Crippen molar-refractivity contribution in [3.8, 4) is 0 Å². The van der Waals surface area contributed by atoms with Gasteiger partial charge < -0.3 is 20.1 Å². The zero-order valence-electron chi connectivity index (χ0n) is 14.4.